The minimum atomic E-state index is -0.744. The van der Waals surface area contributed by atoms with Crippen LogP contribution < -0.4 is 10.6 Å². The van der Waals surface area contributed by atoms with E-state index in [9.17, 15) is 5.11 Å². The Balaban J connectivity index is 1.96. The molecule has 0 aliphatic heterocycles. The number of hydrogen-bond donors (Lipinski definition) is 3. The Bertz CT molecular complexity index is 700. The predicted octanol–water partition coefficient (Wildman–Crippen LogP) is 3.80. The predicted molar refractivity (Wildman–Crippen MR) is 106 cm³/mol. The number of nitrogens with one attached hydrogen (secondary N) is 2. The fourth-order valence-electron chi connectivity index (χ4n) is 2.16. The van der Waals surface area contributed by atoms with Gasteiger partial charge in [-0.05, 0) is 37.1 Å². The van der Waals surface area contributed by atoms with Crippen LogP contribution in [0.15, 0.2) is 28.6 Å². The van der Waals surface area contributed by atoms with Crippen molar-refractivity contribution in [3.05, 3.63) is 49.9 Å². The number of aryl methyl sites for hydroxylation is 1. The van der Waals surface area contributed by atoms with Crippen molar-refractivity contribution in [2.45, 2.75) is 32.9 Å². The number of benzene rings is 1. The van der Waals surface area contributed by atoms with Gasteiger partial charge in [0.2, 0.25) is 0 Å². The van der Waals surface area contributed by atoms with Gasteiger partial charge in [-0.2, -0.15) is 0 Å². The third kappa shape index (κ3) is 6.47. The summed E-state index contributed by atoms with van der Waals surface area (Å²) in [5, 5.41) is 20.7. The molecule has 1 aromatic heterocycles. The molecular formula is C17H22Cl2N4OS. The van der Waals surface area contributed by atoms with Crippen LogP contribution >= 0.6 is 34.5 Å². The smallest absolute Gasteiger partial charge is 0.191 e. The molecule has 3 N–H and O–H groups in total. The van der Waals surface area contributed by atoms with Crippen LogP contribution in [0.3, 0.4) is 0 Å². The molecule has 1 unspecified atom stereocenters. The fraction of sp³-hybridized carbons (Fsp3) is 0.412. The highest BCUT2D eigenvalue weighted by Crippen LogP contribution is 2.23. The normalized spacial score (nSPS) is 12.9. The number of halogens is 2. The average Bonchev–Trinajstić information content (AvgIpc) is 3.04. The highest BCUT2D eigenvalue weighted by molar-refractivity contribution is 7.09. The topological polar surface area (TPSA) is 69.5 Å². The van der Waals surface area contributed by atoms with E-state index in [1.807, 2.05) is 12.3 Å². The molecule has 136 valence electrons. The summed E-state index contributed by atoms with van der Waals surface area (Å²) in [5.74, 6) is 0.626. The van der Waals surface area contributed by atoms with Gasteiger partial charge in [0.1, 0.15) is 0 Å². The molecule has 1 heterocycles. The van der Waals surface area contributed by atoms with Crippen LogP contribution in [0.4, 0.5) is 0 Å². The number of guanidine groups is 1. The molecule has 0 saturated carbocycles. The van der Waals surface area contributed by atoms with Crippen molar-refractivity contribution in [3.8, 4) is 0 Å². The first-order valence-electron chi connectivity index (χ1n) is 8.11. The molecule has 1 aromatic carbocycles. The Morgan fingerprint density at radius 1 is 1.24 bits per heavy atom. The van der Waals surface area contributed by atoms with Crippen molar-refractivity contribution >= 4 is 40.5 Å². The molecule has 0 saturated heterocycles. The van der Waals surface area contributed by atoms with Crippen molar-refractivity contribution in [1.29, 1.82) is 0 Å². The van der Waals surface area contributed by atoms with Gasteiger partial charge >= 0.3 is 0 Å². The number of aliphatic imine (C=N–C) groups is 1. The Morgan fingerprint density at radius 2 is 1.96 bits per heavy atom. The van der Waals surface area contributed by atoms with Gasteiger partial charge < -0.3 is 15.7 Å². The molecule has 0 amide bonds. The minimum absolute atomic E-state index is 0.291. The number of aromatic nitrogens is 1. The van der Waals surface area contributed by atoms with E-state index in [4.69, 9.17) is 23.2 Å². The van der Waals surface area contributed by atoms with Gasteiger partial charge in [0, 0.05) is 28.5 Å². The summed E-state index contributed by atoms with van der Waals surface area (Å²) in [4.78, 5) is 9.01. The van der Waals surface area contributed by atoms with Crippen molar-refractivity contribution in [1.82, 2.24) is 15.6 Å². The van der Waals surface area contributed by atoms with Crippen LogP contribution in [0.5, 0.6) is 0 Å². The second kappa shape index (κ2) is 9.97. The summed E-state index contributed by atoms with van der Waals surface area (Å²) in [6, 6.07) is 5.04. The van der Waals surface area contributed by atoms with Crippen molar-refractivity contribution < 1.29 is 5.11 Å². The maximum absolute atomic E-state index is 10.3. The Labute approximate surface area is 162 Å². The first-order valence-corrected chi connectivity index (χ1v) is 9.74. The molecule has 0 aliphatic carbocycles. The summed E-state index contributed by atoms with van der Waals surface area (Å²) in [5.41, 5.74) is 1.61. The molecular weight excluding hydrogens is 379 g/mol. The van der Waals surface area contributed by atoms with Gasteiger partial charge in [0.05, 0.1) is 23.4 Å². The Morgan fingerprint density at radius 3 is 2.56 bits per heavy atom. The average molecular weight is 401 g/mol. The summed E-state index contributed by atoms with van der Waals surface area (Å²) < 4.78 is 0. The van der Waals surface area contributed by atoms with E-state index < -0.39 is 6.10 Å². The lowest BCUT2D eigenvalue weighted by molar-refractivity contribution is 0.181. The van der Waals surface area contributed by atoms with Crippen LogP contribution in [-0.4, -0.2) is 29.1 Å². The summed E-state index contributed by atoms with van der Waals surface area (Å²) >= 11 is 13.6. The van der Waals surface area contributed by atoms with Gasteiger partial charge in [-0.15, -0.1) is 11.3 Å². The Hall–Kier alpha value is -1.34. The van der Waals surface area contributed by atoms with E-state index in [1.54, 1.807) is 29.5 Å². The van der Waals surface area contributed by atoms with Crippen LogP contribution in [0.25, 0.3) is 0 Å². The molecule has 8 heteroatoms. The zero-order valence-electron chi connectivity index (χ0n) is 14.2. The monoisotopic (exact) mass is 400 g/mol. The van der Waals surface area contributed by atoms with Gasteiger partial charge in [-0.3, -0.25) is 0 Å². The maximum Gasteiger partial charge on any atom is 0.191 e. The molecule has 0 radical (unpaired) electrons. The number of rotatable bonds is 7. The molecule has 0 spiro atoms. The molecule has 2 rings (SSSR count). The molecule has 5 nitrogen and oxygen atoms in total. The van der Waals surface area contributed by atoms with E-state index in [1.165, 1.54) is 0 Å². The lowest BCUT2D eigenvalue weighted by Crippen LogP contribution is -2.39. The van der Waals surface area contributed by atoms with E-state index in [-0.39, 0.29) is 0 Å². The van der Waals surface area contributed by atoms with Crippen molar-refractivity contribution in [2.24, 2.45) is 4.99 Å². The summed E-state index contributed by atoms with van der Waals surface area (Å²) in [6.45, 7) is 5.58. The third-order valence-corrected chi connectivity index (χ3v) is 4.86. The third-order valence-electron chi connectivity index (χ3n) is 3.38. The van der Waals surface area contributed by atoms with Gasteiger partial charge in [0.15, 0.2) is 5.96 Å². The van der Waals surface area contributed by atoms with Crippen molar-refractivity contribution in [2.75, 3.05) is 13.1 Å². The zero-order valence-corrected chi connectivity index (χ0v) is 16.5. The van der Waals surface area contributed by atoms with Crippen LogP contribution in [0.2, 0.25) is 10.0 Å². The molecule has 0 bridgehead atoms. The second-order valence-corrected chi connectivity index (χ2v) is 7.20. The van der Waals surface area contributed by atoms with Crippen LogP contribution in [0.1, 0.15) is 36.2 Å². The highest BCUT2D eigenvalue weighted by atomic mass is 35.5. The van der Waals surface area contributed by atoms with Crippen LogP contribution in [-0.2, 0) is 13.0 Å². The number of thiazole rings is 1. The lowest BCUT2D eigenvalue weighted by Gasteiger charge is -2.16. The number of aliphatic hydroxyl groups excluding tert-OH is 1. The second-order valence-electron chi connectivity index (χ2n) is 5.38. The fourth-order valence-corrected chi connectivity index (χ4v) is 3.44. The summed E-state index contributed by atoms with van der Waals surface area (Å²) in [6.07, 6.45) is 0.187. The SMILES string of the molecule is CCNC(=NCc1csc(CC)n1)NCC(O)c1cc(Cl)cc(Cl)c1. The standard InChI is InChI=1S/C17H22Cl2N4OS/c1-3-16-23-14(10-25-16)8-21-17(20-4-2)22-9-15(24)11-5-12(18)7-13(19)6-11/h5-7,10,15,24H,3-4,8-9H2,1-2H3,(H2,20,21,22). The van der Waals surface area contributed by atoms with Crippen LogP contribution in [0, 0.1) is 0 Å². The maximum atomic E-state index is 10.3. The van der Waals surface area contributed by atoms with Crippen molar-refractivity contribution in [3.63, 3.8) is 0 Å². The molecule has 1 atom stereocenters. The quantitative estimate of drug-likeness (QED) is 0.488. The Kier molecular flexibility index (Phi) is 7.96. The van der Waals surface area contributed by atoms with Gasteiger partial charge in [-0.25, -0.2) is 9.98 Å². The lowest BCUT2D eigenvalue weighted by atomic mass is 10.1. The molecule has 2 aromatic rings. The first-order chi connectivity index (χ1) is 12.0. The van der Waals surface area contributed by atoms with E-state index >= 15 is 0 Å². The van der Waals surface area contributed by atoms with E-state index in [0.717, 1.165) is 23.7 Å². The zero-order chi connectivity index (χ0) is 18.2. The first kappa shape index (κ1) is 20.0. The van der Waals surface area contributed by atoms with Gasteiger partial charge in [0.25, 0.3) is 0 Å². The molecule has 0 fully saturated rings. The number of hydrogen-bond acceptors (Lipinski definition) is 4. The van der Waals surface area contributed by atoms with E-state index in [0.29, 0.717) is 34.7 Å². The molecule has 25 heavy (non-hydrogen) atoms. The summed E-state index contributed by atoms with van der Waals surface area (Å²) in [7, 11) is 0. The molecule has 0 aliphatic rings. The van der Waals surface area contributed by atoms with Gasteiger partial charge in [-0.1, -0.05) is 30.1 Å². The number of aliphatic hydroxyl groups is 1. The minimum Gasteiger partial charge on any atom is -0.387 e. The highest BCUT2D eigenvalue weighted by Gasteiger charge is 2.10. The number of nitrogens with zero attached hydrogens (tertiary/aromatic N) is 2. The van der Waals surface area contributed by atoms with E-state index in [2.05, 4.69) is 27.5 Å². The largest absolute Gasteiger partial charge is 0.387 e.